The topological polar surface area (TPSA) is 58.6 Å². The minimum Gasteiger partial charge on any atom is -0.482 e. The maximum absolute atomic E-state index is 12.9. The van der Waals surface area contributed by atoms with E-state index in [9.17, 15) is 9.59 Å². The molecule has 2 aromatic carbocycles. The first kappa shape index (κ1) is 22.3. The molecule has 150 valence electrons. The van der Waals surface area contributed by atoms with Crippen LogP contribution in [0.2, 0.25) is 15.1 Å². The lowest BCUT2D eigenvalue weighted by molar-refractivity contribution is -0.142. The summed E-state index contributed by atoms with van der Waals surface area (Å²) in [7, 11) is 1.53. The highest BCUT2D eigenvalue weighted by atomic mass is 35.5. The van der Waals surface area contributed by atoms with Gasteiger partial charge in [0.2, 0.25) is 5.91 Å². The summed E-state index contributed by atoms with van der Waals surface area (Å²) in [4.78, 5) is 26.7. The van der Waals surface area contributed by atoms with E-state index in [1.54, 1.807) is 24.3 Å². The third-order valence-electron chi connectivity index (χ3n) is 4.18. The van der Waals surface area contributed by atoms with Crippen LogP contribution >= 0.6 is 34.8 Å². The number of likely N-dealkylation sites (N-methyl/N-ethyl adjacent to an activating group) is 1. The van der Waals surface area contributed by atoms with Gasteiger partial charge in [0.05, 0.1) is 5.02 Å². The SMILES string of the molecule is CCC(C(=O)NC)N(Cc1ccccc1Cl)C(=O)COc1ccc(Cl)cc1Cl. The molecule has 0 aliphatic heterocycles. The highest BCUT2D eigenvalue weighted by Crippen LogP contribution is 2.27. The van der Waals surface area contributed by atoms with E-state index >= 15 is 0 Å². The zero-order valence-electron chi connectivity index (χ0n) is 15.5. The van der Waals surface area contributed by atoms with Crippen molar-refractivity contribution in [3.8, 4) is 5.75 Å². The number of nitrogens with zero attached hydrogens (tertiary/aromatic N) is 1. The van der Waals surface area contributed by atoms with Gasteiger partial charge in [0.15, 0.2) is 6.61 Å². The fraction of sp³-hybridized carbons (Fsp3) is 0.300. The van der Waals surface area contributed by atoms with E-state index in [0.29, 0.717) is 27.2 Å². The summed E-state index contributed by atoms with van der Waals surface area (Å²) in [6, 6.07) is 11.3. The number of rotatable bonds is 8. The minimum absolute atomic E-state index is 0.183. The fourth-order valence-electron chi connectivity index (χ4n) is 2.71. The molecule has 1 atom stereocenters. The largest absolute Gasteiger partial charge is 0.482 e. The van der Waals surface area contributed by atoms with Gasteiger partial charge in [0, 0.05) is 23.6 Å². The molecule has 0 bridgehead atoms. The Balaban J connectivity index is 2.22. The predicted octanol–water partition coefficient (Wildman–Crippen LogP) is 4.58. The average molecular weight is 444 g/mol. The molecule has 0 spiro atoms. The molecule has 0 aromatic heterocycles. The Labute approximate surface area is 179 Å². The number of hydrogen-bond donors (Lipinski definition) is 1. The highest BCUT2D eigenvalue weighted by Gasteiger charge is 2.28. The molecule has 1 unspecified atom stereocenters. The van der Waals surface area contributed by atoms with Crippen LogP contribution in [0.25, 0.3) is 0 Å². The molecule has 28 heavy (non-hydrogen) atoms. The monoisotopic (exact) mass is 442 g/mol. The van der Waals surface area contributed by atoms with Crippen molar-refractivity contribution in [3.05, 3.63) is 63.1 Å². The molecule has 0 radical (unpaired) electrons. The summed E-state index contributed by atoms with van der Waals surface area (Å²) in [5, 5.41) is 3.89. The molecular weight excluding hydrogens is 423 g/mol. The first-order valence-corrected chi connectivity index (χ1v) is 9.83. The van der Waals surface area contributed by atoms with Gasteiger partial charge in [-0.15, -0.1) is 0 Å². The van der Waals surface area contributed by atoms with Crippen molar-refractivity contribution < 1.29 is 14.3 Å². The Kier molecular flexibility index (Phi) is 8.42. The minimum atomic E-state index is -0.655. The van der Waals surface area contributed by atoms with Crippen molar-refractivity contribution >= 4 is 46.6 Å². The molecule has 0 aliphatic rings. The molecule has 2 rings (SSSR count). The van der Waals surface area contributed by atoms with Crippen LogP contribution in [0.15, 0.2) is 42.5 Å². The first-order valence-electron chi connectivity index (χ1n) is 8.69. The molecule has 0 saturated heterocycles. The van der Waals surface area contributed by atoms with E-state index in [-0.39, 0.29) is 25.0 Å². The lowest BCUT2D eigenvalue weighted by Gasteiger charge is -2.30. The molecule has 5 nitrogen and oxygen atoms in total. The molecule has 1 N–H and O–H groups in total. The van der Waals surface area contributed by atoms with Crippen LogP contribution in [0, 0.1) is 0 Å². The molecule has 2 amide bonds. The number of ether oxygens (including phenoxy) is 1. The van der Waals surface area contributed by atoms with E-state index < -0.39 is 6.04 Å². The lowest BCUT2D eigenvalue weighted by atomic mass is 10.1. The van der Waals surface area contributed by atoms with Crippen LogP contribution < -0.4 is 10.1 Å². The highest BCUT2D eigenvalue weighted by molar-refractivity contribution is 6.35. The normalized spacial score (nSPS) is 11.6. The summed E-state index contributed by atoms with van der Waals surface area (Å²) in [5.41, 5.74) is 0.740. The Morgan fingerprint density at radius 3 is 2.43 bits per heavy atom. The lowest BCUT2D eigenvalue weighted by Crippen LogP contribution is -2.49. The van der Waals surface area contributed by atoms with Crippen molar-refractivity contribution in [2.75, 3.05) is 13.7 Å². The summed E-state index contributed by atoms with van der Waals surface area (Å²) in [5.74, 6) is -0.279. The molecule has 0 heterocycles. The van der Waals surface area contributed by atoms with Crippen LogP contribution in [0.4, 0.5) is 0 Å². The van der Waals surface area contributed by atoms with Gasteiger partial charge >= 0.3 is 0 Å². The second-order valence-corrected chi connectivity index (χ2v) is 7.27. The average Bonchev–Trinajstić information content (AvgIpc) is 2.68. The molecule has 2 aromatic rings. The van der Waals surface area contributed by atoms with E-state index in [2.05, 4.69) is 5.32 Å². The first-order chi connectivity index (χ1) is 13.4. The van der Waals surface area contributed by atoms with E-state index in [1.165, 1.54) is 18.0 Å². The second kappa shape index (κ2) is 10.6. The number of nitrogens with one attached hydrogen (secondary N) is 1. The van der Waals surface area contributed by atoms with Crippen LogP contribution in [0.3, 0.4) is 0 Å². The summed E-state index contributed by atoms with van der Waals surface area (Å²) in [6.07, 6.45) is 0.442. The zero-order chi connectivity index (χ0) is 20.7. The maximum Gasteiger partial charge on any atom is 0.261 e. The van der Waals surface area contributed by atoms with Gasteiger partial charge in [-0.1, -0.05) is 59.9 Å². The molecule has 8 heteroatoms. The van der Waals surface area contributed by atoms with Gasteiger partial charge in [-0.25, -0.2) is 0 Å². The van der Waals surface area contributed by atoms with E-state index in [0.717, 1.165) is 5.56 Å². The summed E-state index contributed by atoms with van der Waals surface area (Å²) >= 11 is 18.2. The molecular formula is C20H21Cl3N2O3. The van der Waals surface area contributed by atoms with Crippen LogP contribution in [-0.4, -0.2) is 36.4 Å². The van der Waals surface area contributed by atoms with Crippen molar-refractivity contribution in [2.24, 2.45) is 0 Å². The quantitative estimate of drug-likeness (QED) is 0.650. The number of amides is 2. The van der Waals surface area contributed by atoms with Crippen molar-refractivity contribution in [1.82, 2.24) is 10.2 Å². The smallest absolute Gasteiger partial charge is 0.261 e. The number of benzene rings is 2. The third kappa shape index (κ3) is 5.77. The van der Waals surface area contributed by atoms with Gasteiger partial charge < -0.3 is 15.0 Å². The second-order valence-electron chi connectivity index (χ2n) is 6.01. The zero-order valence-corrected chi connectivity index (χ0v) is 17.8. The number of halogens is 3. The van der Waals surface area contributed by atoms with Crippen LogP contribution in [-0.2, 0) is 16.1 Å². The van der Waals surface area contributed by atoms with Gasteiger partial charge in [0.1, 0.15) is 11.8 Å². The van der Waals surface area contributed by atoms with Crippen molar-refractivity contribution in [1.29, 1.82) is 0 Å². The predicted molar refractivity (Wildman–Crippen MR) is 112 cm³/mol. The third-order valence-corrected chi connectivity index (χ3v) is 5.08. The number of hydrogen-bond acceptors (Lipinski definition) is 3. The van der Waals surface area contributed by atoms with Gasteiger partial charge in [0.25, 0.3) is 5.91 Å². The number of carbonyl (C=O) groups excluding carboxylic acids is 2. The van der Waals surface area contributed by atoms with E-state index in [1.807, 2.05) is 19.1 Å². The summed E-state index contributed by atoms with van der Waals surface area (Å²) in [6.45, 7) is 1.74. The summed E-state index contributed by atoms with van der Waals surface area (Å²) < 4.78 is 5.56. The number of carbonyl (C=O) groups is 2. The Morgan fingerprint density at radius 1 is 1.11 bits per heavy atom. The standard InChI is InChI=1S/C20H21Cl3N2O3/c1-3-17(20(27)24-2)25(11-13-6-4-5-7-15(13)22)19(26)12-28-18-9-8-14(21)10-16(18)23/h4-10,17H,3,11-12H2,1-2H3,(H,24,27). The Hall–Kier alpha value is -1.95. The van der Waals surface area contributed by atoms with Gasteiger partial charge in [-0.2, -0.15) is 0 Å². The van der Waals surface area contributed by atoms with Crippen molar-refractivity contribution in [2.45, 2.75) is 25.9 Å². The van der Waals surface area contributed by atoms with Crippen LogP contribution in [0.1, 0.15) is 18.9 Å². The molecule has 0 saturated carbocycles. The maximum atomic E-state index is 12.9. The van der Waals surface area contributed by atoms with Gasteiger partial charge in [-0.3, -0.25) is 9.59 Å². The Bertz CT molecular complexity index is 845. The Morgan fingerprint density at radius 2 is 1.82 bits per heavy atom. The molecule has 0 fully saturated rings. The van der Waals surface area contributed by atoms with E-state index in [4.69, 9.17) is 39.5 Å². The fourth-order valence-corrected chi connectivity index (χ4v) is 3.37. The molecule has 0 aliphatic carbocycles. The van der Waals surface area contributed by atoms with Gasteiger partial charge in [-0.05, 0) is 36.2 Å². The van der Waals surface area contributed by atoms with Crippen molar-refractivity contribution in [3.63, 3.8) is 0 Å². The van der Waals surface area contributed by atoms with Crippen LogP contribution in [0.5, 0.6) is 5.75 Å².